The van der Waals surface area contributed by atoms with Crippen molar-refractivity contribution in [3.05, 3.63) is 59.8 Å². The molecule has 0 aliphatic rings. The standard InChI is InChI=1S/C21H27N3O2S/c1-15(2)20(27-14-17-8-6-5-7-9-17)21(26)24(4)13-19(25)23-18-12-16(3)10-11-22-18/h5-12,15,20H,13-14H2,1-4H3,(H,22,23,25). The number of likely N-dealkylation sites (N-methyl/N-ethyl adjacent to an activating group) is 1. The van der Waals surface area contributed by atoms with Crippen LogP contribution in [0.1, 0.15) is 25.0 Å². The van der Waals surface area contributed by atoms with Crippen molar-refractivity contribution in [3.8, 4) is 0 Å². The Bertz CT molecular complexity index is 765. The van der Waals surface area contributed by atoms with Gasteiger partial charge in [-0.25, -0.2) is 4.98 Å². The summed E-state index contributed by atoms with van der Waals surface area (Å²) in [4.78, 5) is 30.7. The number of pyridine rings is 1. The molecule has 0 aliphatic carbocycles. The van der Waals surface area contributed by atoms with Crippen molar-refractivity contribution in [2.24, 2.45) is 5.92 Å². The van der Waals surface area contributed by atoms with Gasteiger partial charge in [-0.3, -0.25) is 9.59 Å². The van der Waals surface area contributed by atoms with Crippen LogP contribution in [0.3, 0.4) is 0 Å². The number of rotatable bonds is 8. The first-order valence-corrected chi connectivity index (χ1v) is 10.0. The van der Waals surface area contributed by atoms with E-state index in [9.17, 15) is 9.59 Å². The summed E-state index contributed by atoms with van der Waals surface area (Å²) in [6.07, 6.45) is 1.65. The number of nitrogens with one attached hydrogen (secondary N) is 1. The number of nitrogens with zero attached hydrogens (tertiary/aromatic N) is 2. The molecule has 1 atom stereocenters. The minimum Gasteiger partial charge on any atom is -0.335 e. The summed E-state index contributed by atoms with van der Waals surface area (Å²) >= 11 is 1.62. The molecular weight excluding hydrogens is 358 g/mol. The first-order valence-electron chi connectivity index (χ1n) is 9.00. The first kappa shape index (κ1) is 21.0. The molecule has 0 fully saturated rings. The second kappa shape index (κ2) is 10.1. The van der Waals surface area contributed by atoms with Gasteiger partial charge in [-0.2, -0.15) is 0 Å². The van der Waals surface area contributed by atoms with E-state index in [-0.39, 0.29) is 29.5 Å². The van der Waals surface area contributed by atoms with Crippen LogP contribution < -0.4 is 5.32 Å². The van der Waals surface area contributed by atoms with Crippen LogP contribution in [0.25, 0.3) is 0 Å². The van der Waals surface area contributed by atoms with E-state index in [0.29, 0.717) is 5.82 Å². The lowest BCUT2D eigenvalue weighted by molar-refractivity contribution is -0.133. The average Bonchev–Trinajstić information content (AvgIpc) is 2.62. The van der Waals surface area contributed by atoms with Crippen molar-refractivity contribution >= 4 is 29.4 Å². The molecular formula is C21H27N3O2S. The van der Waals surface area contributed by atoms with Crippen molar-refractivity contribution in [2.45, 2.75) is 31.8 Å². The molecule has 27 heavy (non-hydrogen) atoms. The van der Waals surface area contributed by atoms with Crippen LogP contribution >= 0.6 is 11.8 Å². The maximum Gasteiger partial charge on any atom is 0.245 e. The van der Waals surface area contributed by atoms with Gasteiger partial charge < -0.3 is 10.2 Å². The SMILES string of the molecule is Cc1ccnc(NC(=O)CN(C)C(=O)C(SCc2ccccc2)C(C)C)c1. The predicted molar refractivity (Wildman–Crippen MR) is 112 cm³/mol. The Morgan fingerprint density at radius 2 is 1.89 bits per heavy atom. The molecule has 1 heterocycles. The summed E-state index contributed by atoms with van der Waals surface area (Å²) in [5, 5.41) is 2.55. The summed E-state index contributed by atoms with van der Waals surface area (Å²) in [5.41, 5.74) is 2.20. The van der Waals surface area contributed by atoms with Gasteiger partial charge >= 0.3 is 0 Å². The lowest BCUT2D eigenvalue weighted by Crippen LogP contribution is -2.41. The Morgan fingerprint density at radius 3 is 2.52 bits per heavy atom. The number of carbonyl (C=O) groups excluding carboxylic acids is 2. The zero-order valence-corrected chi connectivity index (χ0v) is 17.1. The molecule has 144 valence electrons. The van der Waals surface area contributed by atoms with Crippen molar-refractivity contribution in [1.82, 2.24) is 9.88 Å². The van der Waals surface area contributed by atoms with Gasteiger partial charge in [0.2, 0.25) is 11.8 Å². The van der Waals surface area contributed by atoms with E-state index < -0.39 is 0 Å². The van der Waals surface area contributed by atoms with Crippen LogP contribution in [0.4, 0.5) is 5.82 Å². The second-order valence-electron chi connectivity index (χ2n) is 6.92. The zero-order chi connectivity index (χ0) is 19.8. The molecule has 2 aromatic rings. The minimum atomic E-state index is -0.250. The van der Waals surface area contributed by atoms with Crippen LogP contribution in [0.5, 0.6) is 0 Å². The maximum absolute atomic E-state index is 12.9. The van der Waals surface area contributed by atoms with Gasteiger partial charge in [0, 0.05) is 19.0 Å². The molecule has 1 aromatic carbocycles. The number of aryl methyl sites for hydroxylation is 1. The number of carbonyl (C=O) groups is 2. The van der Waals surface area contributed by atoms with Gasteiger partial charge in [0.15, 0.2) is 0 Å². The molecule has 1 aromatic heterocycles. The topological polar surface area (TPSA) is 62.3 Å². The number of benzene rings is 1. The van der Waals surface area contributed by atoms with E-state index in [1.807, 2.05) is 45.0 Å². The van der Waals surface area contributed by atoms with Crippen LogP contribution in [-0.2, 0) is 15.3 Å². The fourth-order valence-electron chi connectivity index (χ4n) is 2.61. The molecule has 0 saturated carbocycles. The van der Waals surface area contributed by atoms with Gasteiger partial charge in [-0.15, -0.1) is 11.8 Å². The highest BCUT2D eigenvalue weighted by molar-refractivity contribution is 7.99. The van der Waals surface area contributed by atoms with Crippen LogP contribution in [0.2, 0.25) is 0 Å². The quantitative estimate of drug-likeness (QED) is 0.752. The second-order valence-corrected chi connectivity index (χ2v) is 8.05. The minimum absolute atomic E-state index is 0.00354. The largest absolute Gasteiger partial charge is 0.335 e. The van der Waals surface area contributed by atoms with Crippen LogP contribution in [0.15, 0.2) is 48.7 Å². The highest BCUT2D eigenvalue weighted by Crippen LogP contribution is 2.25. The molecule has 2 rings (SSSR count). The van der Waals surface area contributed by atoms with Crippen LogP contribution in [-0.4, -0.2) is 40.5 Å². The Morgan fingerprint density at radius 1 is 1.19 bits per heavy atom. The molecule has 0 spiro atoms. The molecule has 1 unspecified atom stereocenters. The van der Waals surface area contributed by atoms with E-state index >= 15 is 0 Å². The van der Waals surface area contributed by atoms with E-state index in [1.54, 1.807) is 31.1 Å². The average molecular weight is 386 g/mol. The number of thioether (sulfide) groups is 1. The van der Waals surface area contributed by atoms with Gasteiger partial charge in [0.05, 0.1) is 11.8 Å². The third-order valence-electron chi connectivity index (χ3n) is 4.06. The highest BCUT2D eigenvalue weighted by Gasteiger charge is 2.26. The molecule has 2 amide bonds. The molecule has 0 radical (unpaired) electrons. The number of anilines is 1. The smallest absolute Gasteiger partial charge is 0.245 e. The molecule has 1 N–H and O–H groups in total. The molecule has 0 saturated heterocycles. The van der Waals surface area contributed by atoms with Crippen LogP contribution in [0, 0.1) is 12.8 Å². The van der Waals surface area contributed by atoms with Gasteiger partial charge in [0.25, 0.3) is 0 Å². The molecule has 5 nitrogen and oxygen atoms in total. The molecule has 6 heteroatoms. The summed E-state index contributed by atoms with van der Waals surface area (Å²) in [7, 11) is 1.67. The Balaban J connectivity index is 1.92. The molecule has 0 aliphatic heterocycles. The predicted octanol–water partition coefficient (Wildman–Crippen LogP) is 3.74. The van der Waals surface area contributed by atoms with Crippen molar-refractivity contribution < 1.29 is 9.59 Å². The highest BCUT2D eigenvalue weighted by atomic mass is 32.2. The monoisotopic (exact) mass is 385 g/mol. The van der Waals surface area contributed by atoms with E-state index in [2.05, 4.69) is 22.4 Å². The first-order chi connectivity index (χ1) is 12.9. The van der Waals surface area contributed by atoms with E-state index in [1.165, 1.54) is 10.5 Å². The number of hydrogen-bond donors (Lipinski definition) is 1. The van der Waals surface area contributed by atoms with Crippen molar-refractivity contribution in [2.75, 3.05) is 18.9 Å². The van der Waals surface area contributed by atoms with E-state index in [4.69, 9.17) is 0 Å². The van der Waals surface area contributed by atoms with E-state index in [0.717, 1.165) is 11.3 Å². The third-order valence-corrected chi connectivity index (χ3v) is 5.67. The van der Waals surface area contributed by atoms with Gasteiger partial charge in [-0.05, 0) is 36.1 Å². The summed E-state index contributed by atoms with van der Waals surface area (Å²) < 4.78 is 0. The summed E-state index contributed by atoms with van der Waals surface area (Å²) in [5.74, 6) is 1.16. The fraction of sp³-hybridized carbons (Fsp3) is 0.381. The Hall–Kier alpha value is -2.34. The summed E-state index contributed by atoms with van der Waals surface area (Å²) in [6, 6.07) is 13.8. The zero-order valence-electron chi connectivity index (χ0n) is 16.3. The Kier molecular flexibility index (Phi) is 7.85. The van der Waals surface area contributed by atoms with Crippen molar-refractivity contribution in [3.63, 3.8) is 0 Å². The van der Waals surface area contributed by atoms with Gasteiger partial charge in [0.1, 0.15) is 5.82 Å². The van der Waals surface area contributed by atoms with Gasteiger partial charge in [-0.1, -0.05) is 44.2 Å². The number of aromatic nitrogens is 1. The van der Waals surface area contributed by atoms with Crippen molar-refractivity contribution in [1.29, 1.82) is 0 Å². The molecule has 0 bridgehead atoms. The maximum atomic E-state index is 12.9. The summed E-state index contributed by atoms with van der Waals surface area (Å²) in [6.45, 7) is 6.00. The third kappa shape index (κ3) is 6.71. The Labute approximate surface area is 165 Å². The lowest BCUT2D eigenvalue weighted by Gasteiger charge is -2.25. The lowest BCUT2D eigenvalue weighted by atomic mass is 10.1. The fourth-order valence-corrected chi connectivity index (χ4v) is 3.88. The number of amides is 2. The number of hydrogen-bond acceptors (Lipinski definition) is 4. The normalized spacial score (nSPS) is 11.9.